The van der Waals surface area contributed by atoms with E-state index in [1.165, 1.54) is 0 Å². The molecule has 24 heavy (non-hydrogen) atoms. The van der Waals surface area contributed by atoms with E-state index < -0.39 is 0 Å². The van der Waals surface area contributed by atoms with Crippen molar-refractivity contribution in [3.8, 4) is 11.5 Å². The summed E-state index contributed by atoms with van der Waals surface area (Å²) in [7, 11) is 0. The van der Waals surface area contributed by atoms with Crippen LogP contribution in [-0.4, -0.2) is 17.6 Å². The third kappa shape index (κ3) is 3.18. The molecule has 0 fully saturated rings. The molecule has 4 heteroatoms. The summed E-state index contributed by atoms with van der Waals surface area (Å²) in [5.74, 6) is 0.255. The lowest BCUT2D eigenvalue weighted by Gasteiger charge is -2.13. The summed E-state index contributed by atoms with van der Waals surface area (Å²) in [6, 6.07) is 16.6. The summed E-state index contributed by atoms with van der Waals surface area (Å²) in [5, 5.41) is 14.7. The van der Waals surface area contributed by atoms with Crippen LogP contribution in [0.5, 0.6) is 11.5 Å². The monoisotopic (exact) mass is 321 g/mol. The van der Waals surface area contributed by atoms with E-state index in [1.807, 2.05) is 50.2 Å². The lowest BCUT2D eigenvalue weighted by atomic mass is 10.0. The quantitative estimate of drug-likeness (QED) is 0.695. The number of anilines is 1. The van der Waals surface area contributed by atoms with Gasteiger partial charge in [-0.25, -0.2) is 0 Å². The van der Waals surface area contributed by atoms with E-state index in [4.69, 9.17) is 4.74 Å². The zero-order valence-corrected chi connectivity index (χ0v) is 13.7. The fourth-order valence-corrected chi connectivity index (χ4v) is 2.61. The fourth-order valence-electron chi connectivity index (χ4n) is 2.61. The summed E-state index contributed by atoms with van der Waals surface area (Å²) in [4.78, 5) is 12.7. The van der Waals surface area contributed by atoms with Crippen molar-refractivity contribution in [2.24, 2.45) is 0 Å². The highest BCUT2D eigenvalue weighted by atomic mass is 16.5. The van der Waals surface area contributed by atoms with Crippen molar-refractivity contribution in [2.45, 2.75) is 13.8 Å². The van der Waals surface area contributed by atoms with Crippen molar-refractivity contribution < 1.29 is 14.6 Å². The maximum absolute atomic E-state index is 12.7. The maximum atomic E-state index is 12.7. The Morgan fingerprint density at radius 2 is 1.79 bits per heavy atom. The Balaban J connectivity index is 1.99. The first kappa shape index (κ1) is 15.9. The molecule has 0 aliphatic rings. The highest BCUT2D eigenvalue weighted by Crippen LogP contribution is 2.29. The average molecular weight is 321 g/mol. The number of phenols is 1. The number of hydrogen-bond acceptors (Lipinski definition) is 3. The van der Waals surface area contributed by atoms with Crippen LogP contribution in [0.2, 0.25) is 0 Å². The van der Waals surface area contributed by atoms with E-state index in [2.05, 4.69) is 5.32 Å². The van der Waals surface area contributed by atoms with Crippen LogP contribution in [0.1, 0.15) is 22.8 Å². The number of rotatable bonds is 4. The van der Waals surface area contributed by atoms with Gasteiger partial charge in [-0.15, -0.1) is 0 Å². The minimum Gasteiger partial charge on any atom is -0.506 e. The Labute approximate surface area is 140 Å². The average Bonchev–Trinajstić information content (AvgIpc) is 2.57. The number of phenolic OH excluding ortho intramolecular Hbond substituents is 1. The van der Waals surface area contributed by atoms with Crippen molar-refractivity contribution in [1.29, 1.82) is 0 Å². The minimum absolute atomic E-state index is 0.0436. The molecule has 0 saturated carbocycles. The second-order valence-electron chi connectivity index (χ2n) is 5.60. The second kappa shape index (κ2) is 6.62. The molecule has 122 valence electrons. The lowest BCUT2D eigenvalue weighted by molar-refractivity contribution is 0.102. The SMILES string of the molecule is CCOc1cc2ccccc2cc1C(=O)Nc1ccc(C)cc1O. The molecule has 0 bridgehead atoms. The molecule has 0 unspecified atom stereocenters. The van der Waals surface area contributed by atoms with E-state index in [1.54, 1.807) is 18.2 Å². The number of carbonyl (C=O) groups is 1. The van der Waals surface area contributed by atoms with Gasteiger partial charge in [0.2, 0.25) is 0 Å². The Kier molecular flexibility index (Phi) is 4.38. The summed E-state index contributed by atoms with van der Waals surface area (Å²) in [6.45, 7) is 4.22. The Morgan fingerprint density at radius 3 is 2.46 bits per heavy atom. The van der Waals surface area contributed by atoms with Crippen LogP contribution in [0.3, 0.4) is 0 Å². The predicted molar refractivity (Wildman–Crippen MR) is 95.9 cm³/mol. The number of carbonyl (C=O) groups excluding carboxylic acids is 1. The number of aromatic hydroxyl groups is 1. The molecule has 4 nitrogen and oxygen atoms in total. The van der Waals surface area contributed by atoms with Crippen molar-refractivity contribution in [1.82, 2.24) is 0 Å². The van der Waals surface area contributed by atoms with Crippen molar-refractivity contribution >= 4 is 22.4 Å². The number of ether oxygens (including phenoxy) is 1. The lowest BCUT2D eigenvalue weighted by Crippen LogP contribution is -2.14. The van der Waals surface area contributed by atoms with Gasteiger partial charge < -0.3 is 15.2 Å². The van der Waals surface area contributed by atoms with Gasteiger partial charge in [-0.05, 0) is 54.4 Å². The maximum Gasteiger partial charge on any atom is 0.259 e. The van der Waals surface area contributed by atoms with Crippen LogP contribution in [0.15, 0.2) is 54.6 Å². The molecule has 2 N–H and O–H groups in total. The van der Waals surface area contributed by atoms with Gasteiger partial charge in [-0.3, -0.25) is 4.79 Å². The molecule has 0 aromatic heterocycles. The first-order chi connectivity index (χ1) is 11.6. The molecule has 0 atom stereocenters. The van der Waals surface area contributed by atoms with Gasteiger partial charge in [0.25, 0.3) is 5.91 Å². The highest BCUT2D eigenvalue weighted by molar-refractivity contribution is 6.09. The first-order valence-electron chi connectivity index (χ1n) is 7.85. The molecule has 1 amide bonds. The Morgan fingerprint density at radius 1 is 1.08 bits per heavy atom. The molecule has 3 aromatic carbocycles. The molecule has 0 saturated heterocycles. The standard InChI is InChI=1S/C20H19NO3/c1-3-24-19-12-15-7-5-4-6-14(15)11-16(19)20(23)21-17-9-8-13(2)10-18(17)22/h4-12,22H,3H2,1-2H3,(H,21,23). The zero-order valence-electron chi connectivity index (χ0n) is 13.7. The normalized spacial score (nSPS) is 10.6. The molecule has 3 aromatic rings. The van der Waals surface area contributed by atoms with Gasteiger partial charge in [0, 0.05) is 0 Å². The number of aryl methyl sites for hydroxylation is 1. The van der Waals surface area contributed by atoms with Crippen molar-refractivity contribution in [3.63, 3.8) is 0 Å². The van der Waals surface area contributed by atoms with Gasteiger partial charge in [0.15, 0.2) is 0 Å². The number of benzene rings is 3. The molecule has 0 spiro atoms. The van der Waals surface area contributed by atoms with Crippen LogP contribution < -0.4 is 10.1 Å². The number of fused-ring (bicyclic) bond motifs is 1. The molecular formula is C20H19NO3. The van der Waals surface area contributed by atoms with Gasteiger partial charge in [-0.1, -0.05) is 30.3 Å². The third-order valence-corrected chi connectivity index (χ3v) is 3.79. The van der Waals surface area contributed by atoms with E-state index >= 15 is 0 Å². The topological polar surface area (TPSA) is 58.6 Å². The Hall–Kier alpha value is -3.01. The third-order valence-electron chi connectivity index (χ3n) is 3.79. The summed E-state index contributed by atoms with van der Waals surface area (Å²) >= 11 is 0. The predicted octanol–water partition coefficient (Wildman–Crippen LogP) is 4.50. The molecular weight excluding hydrogens is 302 g/mol. The zero-order chi connectivity index (χ0) is 17.1. The Bertz CT molecular complexity index is 903. The molecule has 0 aliphatic carbocycles. The van der Waals surface area contributed by atoms with Crippen LogP contribution in [0.25, 0.3) is 10.8 Å². The van der Waals surface area contributed by atoms with E-state index in [-0.39, 0.29) is 11.7 Å². The number of hydrogen-bond donors (Lipinski definition) is 2. The molecule has 0 radical (unpaired) electrons. The van der Waals surface area contributed by atoms with Gasteiger partial charge in [0.1, 0.15) is 11.5 Å². The van der Waals surface area contributed by atoms with E-state index in [9.17, 15) is 9.90 Å². The first-order valence-corrected chi connectivity index (χ1v) is 7.85. The second-order valence-corrected chi connectivity index (χ2v) is 5.60. The molecule has 0 aliphatic heterocycles. The van der Waals surface area contributed by atoms with Crippen LogP contribution in [0.4, 0.5) is 5.69 Å². The van der Waals surface area contributed by atoms with Gasteiger partial charge in [-0.2, -0.15) is 0 Å². The van der Waals surface area contributed by atoms with Crippen molar-refractivity contribution in [3.05, 3.63) is 65.7 Å². The summed E-state index contributed by atoms with van der Waals surface area (Å²) in [5.41, 5.74) is 1.74. The summed E-state index contributed by atoms with van der Waals surface area (Å²) in [6.07, 6.45) is 0. The largest absolute Gasteiger partial charge is 0.506 e. The van der Waals surface area contributed by atoms with Crippen LogP contribution in [0, 0.1) is 6.92 Å². The fraction of sp³-hybridized carbons (Fsp3) is 0.150. The van der Waals surface area contributed by atoms with E-state index in [0.29, 0.717) is 23.6 Å². The summed E-state index contributed by atoms with van der Waals surface area (Å²) < 4.78 is 5.63. The number of amides is 1. The highest BCUT2D eigenvalue weighted by Gasteiger charge is 2.15. The van der Waals surface area contributed by atoms with E-state index in [0.717, 1.165) is 16.3 Å². The smallest absolute Gasteiger partial charge is 0.259 e. The minimum atomic E-state index is -0.316. The molecule has 0 heterocycles. The van der Waals surface area contributed by atoms with Crippen LogP contribution in [-0.2, 0) is 0 Å². The van der Waals surface area contributed by atoms with Gasteiger partial charge in [0.05, 0.1) is 17.9 Å². The molecule has 3 rings (SSSR count). The number of nitrogens with one attached hydrogen (secondary N) is 1. The van der Waals surface area contributed by atoms with Crippen LogP contribution >= 0.6 is 0 Å². The van der Waals surface area contributed by atoms with Crippen molar-refractivity contribution in [2.75, 3.05) is 11.9 Å². The van der Waals surface area contributed by atoms with Gasteiger partial charge >= 0.3 is 0 Å².